The van der Waals surface area contributed by atoms with E-state index in [1.165, 1.54) is 4.90 Å². The third-order valence-electron chi connectivity index (χ3n) is 5.02. The number of nitrogens with zero attached hydrogens (tertiary/aromatic N) is 2. The number of hydrogen-bond donors (Lipinski definition) is 1. The van der Waals surface area contributed by atoms with Crippen LogP contribution in [-0.4, -0.2) is 62.7 Å². The van der Waals surface area contributed by atoms with E-state index in [4.69, 9.17) is 9.47 Å². The van der Waals surface area contributed by atoms with Gasteiger partial charge in [0.05, 0.1) is 24.2 Å². The van der Waals surface area contributed by atoms with Crippen LogP contribution >= 0.6 is 15.9 Å². The van der Waals surface area contributed by atoms with Crippen molar-refractivity contribution in [2.75, 3.05) is 50.1 Å². The van der Waals surface area contributed by atoms with Crippen LogP contribution in [0.3, 0.4) is 0 Å². The van der Waals surface area contributed by atoms with Crippen LogP contribution in [0.25, 0.3) is 0 Å². The quantitative estimate of drug-likeness (QED) is 0.644. The Kier molecular flexibility index (Phi) is 7.92. The lowest BCUT2D eigenvalue weighted by molar-refractivity contribution is -0.139. The number of benzene rings is 2. The Labute approximate surface area is 191 Å². The van der Waals surface area contributed by atoms with E-state index < -0.39 is 6.10 Å². The second-order valence-electron chi connectivity index (χ2n) is 7.58. The zero-order valence-corrected chi connectivity index (χ0v) is 19.6. The van der Waals surface area contributed by atoms with Gasteiger partial charge in [-0.2, -0.15) is 0 Å². The summed E-state index contributed by atoms with van der Waals surface area (Å²) in [6.07, 6.45) is -0.718. The molecule has 0 saturated carbocycles. The van der Waals surface area contributed by atoms with Crippen LogP contribution < -0.4 is 15.0 Å². The first-order valence-electron chi connectivity index (χ1n) is 10.2. The summed E-state index contributed by atoms with van der Waals surface area (Å²) in [4.78, 5) is 28.6. The molecule has 1 saturated heterocycles. The van der Waals surface area contributed by atoms with Crippen molar-refractivity contribution in [3.05, 3.63) is 52.5 Å². The van der Waals surface area contributed by atoms with Gasteiger partial charge in [-0.25, -0.2) is 0 Å². The minimum absolute atomic E-state index is 0.0627. The second kappa shape index (κ2) is 10.6. The van der Waals surface area contributed by atoms with Crippen LogP contribution in [-0.2, 0) is 14.3 Å². The van der Waals surface area contributed by atoms with Gasteiger partial charge in [-0.3, -0.25) is 9.59 Å². The highest BCUT2D eigenvalue weighted by Crippen LogP contribution is 2.27. The zero-order valence-electron chi connectivity index (χ0n) is 18.1. The normalized spacial score (nSPS) is 14.6. The predicted octanol–water partition coefficient (Wildman–Crippen LogP) is 3.46. The largest absolute Gasteiger partial charge is 0.480 e. The van der Waals surface area contributed by atoms with Crippen molar-refractivity contribution in [2.24, 2.45) is 0 Å². The Morgan fingerprint density at radius 2 is 1.87 bits per heavy atom. The second-order valence-corrected chi connectivity index (χ2v) is 8.44. The van der Waals surface area contributed by atoms with Gasteiger partial charge in [0.15, 0.2) is 6.10 Å². The molecule has 7 nitrogen and oxygen atoms in total. The fourth-order valence-corrected chi connectivity index (χ4v) is 3.91. The highest BCUT2D eigenvalue weighted by Gasteiger charge is 2.22. The Morgan fingerprint density at radius 3 is 2.52 bits per heavy atom. The summed E-state index contributed by atoms with van der Waals surface area (Å²) in [5.74, 6) is 0.0497. The Balaban J connectivity index is 1.50. The maximum atomic E-state index is 12.6. The summed E-state index contributed by atoms with van der Waals surface area (Å²) >= 11 is 3.45. The molecule has 166 valence electrons. The minimum Gasteiger partial charge on any atom is -0.480 e. The number of rotatable bonds is 7. The molecule has 0 radical (unpaired) electrons. The van der Waals surface area contributed by atoms with Gasteiger partial charge >= 0.3 is 0 Å². The highest BCUT2D eigenvalue weighted by molar-refractivity contribution is 9.10. The summed E-state index contributed by atoms with van der Waals surface area (Å²) in [6, 6.07) is 13.3. The van der Waals surface area contributed by atoms with E-state index in [1.54, 1.807) is 14.0 Å². The van der Waals surface area contributed by atoms with Crippen LogP contribution in [0.1, 0.15) is 12.5 Å². The van der Waals surface area contributed by atoms with Gasteiger partial charge in [-0.05, 0) is 71.7 Å². The summed E-state index contributed by atoms with van der Waals surface area (Å²) in [7, 11) is 1.59. The summed E-state index contributed by atoms with van der Waals surface area (Å²) < 4.78 is 11.9. The van der Waals surface area contributed by atoms with E-state index in [1.807, 2.05) is 49.4 Å². The van der Waals surface area contributed by atoms with E-state index in [9.17, 15) is 9.59 Å². The molecule has 1 unspecified atom stereocenters. The molecule has 1 atom stereocenters. The van der Waals surface area contributed by atoms with Crippen molar-refractivity contribution < 1.29 is 19.1 Å². The van der Waals surface area contributed by atoms with E-state index >= 15 is 0 Å². The van der Waals surface area contributed by atoms with Crippen LogP contribution in [0.2, 0.25) is 0 Å². The van der Waals surface area contributed by atoms with Crippen LogP contribution in [0.15, 0.2) is 46.9 Å². The number of carbonyl (C=O) groups is 2. The van der Waals surface area contributed by atoms with Crippen molar-refractivity contribution >= 4 is 39.1 Å². The number of carbonyl (C=O) groups excluding carboxylic acids is 2. The first-order chi connectivity index (χ1) is 14.8. The van der Waals surface area contributed by atoms with E-state index in [2.05, 4.69) is 26.1 Å². The molecular formula is C23H28BrN3O4. The van der Waals surface area contributed by atoms with Crippen molar-refractivity contribution in [1.82, 2.24) is 4.90 Å². The van der Waals surface area contributed by atoms with Gasteiger partial charge in [-0.1, -0.05) is 6.07 Å². The third-order valence-corrected chi connectivity index (χ3v) is 5.64. The predicted molar refractivity (Wildman–Crippen MR) is 125 cm³/mol. The number of ether oxygens (including phenoxy) is 2. The molecular weight excluding hydrogens is 462 g/mol. The number of anilines is 2. The summed E-state index contributed by atoms with van der Waals surface area (Å²) in [5.41, 5.74) is 2.88. The molecule has 0 bridgehead atoms. The standard InChI is InChI=1S/C23H28BrN3O4/c1-16-4-9-21(20(24)14-16)31-17(2)23(29)26(3)15-22(28)25-18-5-7-19(8-6-18)27-10-12-30-13-11-27/h4-9,14,17H,10-13,15H2,1-3H3,(H,25,28). The van der Waals surface area contributed by atoms with Crippen LogP contribution in [0.5, 0.6) is 5.75 Å². The van der Waals surface area contributed by atoms with Crippen LogP contribution in [0, 0.1) is 6.92 Å². The van der Waals surface area contributed by atoms with Crippen molar-refractivity contribution in [2.45, 2.75) is 20.0 Å². The van der Waals surface area contributed by atoms with Crippen LogP contribution in [0.4, 0.5) is 11.4 Å². The zero-order chi connectivity index (χ0) is 22.4. The first kappa shape index (κ1) is 23.1. The smallest absolute Gasteiger partial charge is 0.263 e. The number of amides is 2. The Morgan fingerprint density at radius 1 is 1.19 bits per heavy atom. The molecule has 2 aromatic rings. The first-order valence-corrected chi connectivity index (χ1v) is 11.0. The molecule has 8 heteroatoms. The molecule has 1 aliphatic rings. The van der Waals surface area contributed by atoms with Gasteiger partial charge in [0.2, 0.25) is 5.91 Å². The Bertz CT molecular complexity index is 914. The average Bonchev–Trinajstić information content (AvgIpc) is 2.76. The fraction of sp³-hybridized carbons (Fsp3) is 0.391. The topological polar surface area (TPSA) is 71.1 Å². The van der Waals surface area contributed by atoms with E-state index in [0.717, 1.165) is 42.0 Å². The van der Waals surface area contributed by atoms with Crippen molar-refractivity contribution in [1.29, 1.82) is 0 Å². The molecule has 2 amide bonds. The number of hydrogen-bond acceptors (Lipinski definition) is 5. The van der Waals surface area contributed by atoms with Gasteiger partial charge in [0.1, 0.15) is 5.75 Å². The Hall–Kier alpha value is -2.58. The molecule has 0 spiro atoms. The molecule has 1 fully saturated rings. The molecule has 0 aromatic heterocycles. The fourth-order valence-electron chi connectivity index (χ4n) is 3.32. The van der Waals surface area contributed by atoms with Gasteiger partial charge in [-0.15, -0.1) is 0 Å². The van der Waals surface area contributed by atoms with Gasteiger partial charge in [0.25, 0.3) is 5.91 Å². The molecule has 1 aliphatic heterocycles. The SMILES string of the molecule is Cc1ccc(OC(C)C(=O)N(C)CC(=O)Nc2ccc(N3CCOCC3)cc2)c(Br)c1. The molecule has 1 heterocycles. The average molecular weight is 490 g/mol. The number of likely N-dealkylation sites (N-methyl/N-ethyl adjacent to an activating group) is 1. The highest BCUT2D eigenvalue weighted by atomic mass is 79.9. The monoisotopic (exact) mass is 489 g/mol. The third kappa shape index (κ3) is 6.45. The van der Waals surface area contributed by atoms with Crippen molar-refractivity contribution in [3.63, 3.8) is 0 Å². The number of aryl methyl sites for hydroxylation is 1. The lowest BCUT2D eigenvalue weighted by Crippen LogP contribution is -2.42. The van der Waals surface area contributed by atoms with Crippen molar-refractivity contribution in [3.8, 4) is 5.75 Å². The number of halogens is 1. The molecule has 1 N–H and O–H groups in total. The number of morpholine rings is 1. The molecule has 2 aromatic carbocycles. The lowest BCUT2D eigenvalue weighted by atomic mass is 10.2. The van der Waals surface area contributed by atoms with Gasteiger partial charge < -0.3 is 24.6 Å². The van der Waals surface area contributed by atoms with E-state index in [-0.39, 0.29) is 18.4 Å². The lowest BCUT2D eigenvalue weighted by Gasteiger charge is -2.29. The van der Waals surface area contributed by atoms with E-state index in [0.29, 0.717) is 11.4 Å². The molecule has 3 rings (SSSR count). The molecule has 31 heavy (non-hydrogen) atoms. The molecule has 0 aliphatic carbocycles. The van der Waals surface area contributed by atoms with Gasteiger partial charge in [0, 0.05) is 31.5 Å². The minimum atomic E-state index is -0.718. The summed E-state index contributed by atoms with van der Waals surface area (Å²) in [6.45, 7) is 6.76. The maximum absolute atomic E-state index is 12.6. The maximum Gasteiger partial charge on any atom is 0.263 e. The number of nitrogens with one attached hydrogen (secondary N) is 1. The summed E-state index contributed by atoms with van der Waals surface area (Å²) in [5, 5.41) is 2.84.